The topological polar surface area (TPSA) is 89.9 Å². The standard InChI is InChI=1S/C16H11F3O6S/c17-16(18,19)25-13-3-1-11(2-4-13)24-12-5-7-14(8-6-12)26(22,23)10-9-15(20)21/h1-10H,(H,20,21). The minimum atomic E-state index is -4.79. The van der Waals surface area contributed by atoms with Gasteiger partial charge in [-0.2, -0.15) is 0 Å². The van der Waals surface area contributed by atoms with Crippen molar-refractivity contribution in [2.45, 2.75) is 11.3 Å². The molecule has 2 rings (SSSR count). The molecule has 0 aliphatic rings. The summed E-state index contributed by atoms with van der Waals surface area (Å²) in [6.45, 7) is 0. The summed E-state index contributed by atoms with van der Waals surface area (Å²) in [5, 5.41) is 9.03. The van der Waals surface area contributed by atoms with Crippen LogP contribution in [0.3, 0.4) is 0 Å². The molecule has 138 valence electrons. The molecule has 0 spiro atoms. The second-order valence-corrected chi connectivity index (χ2v) is 6.61. The van der Waals surface area contributed by atoms with Crippen molar-refractivity contribution in [1.82, 2.24) is 0 Å². The van der Waals surface area contributed by atoms with Crippen LogP contribution in [0.4, 0.5) is 13.2 Å². The average molecular weight is 388 g/mol. The number of carboxylic acids is 1. The third-order valence-electron chi connectivity index (χ3n) is 2.84. The summed E-state index contributed by atoms with van der Waals surface area (Å²) in [5.74, 6) is -1.36. The van der Waals surface area contributed by atoms with Gasteiger partial charge in [0, 0.05) is 11.5 Å². The van der Waals surface area contributed by atoms with E-state index in [1.807, 2.05) is 0 Å². The van der Waals surface area contributed by atoms with Gasteiger partial charge in [-0.1, -0.05) is 0 Å². The van der Waals surface area contributed by atoms with Gasteiger partial charge in [-0.3, -0.25) is 0 Å². The number of carboxylic acid groups (broad SMARTS) is 1. The second-order valence-electron chi connectivity index (χ2n) is 4.78. The number of carbonyl (C=O) groups is 1. The predicted octanol–water partition coefficient (Wildman–Crippen LogP) is 3.75. The van der Waals surface area contributed by atoms with Gasteiger partial charge in [-0.15, -0.1) is 13.2 Å². The highest BCUT2D eigenvalue weighted by Crippen LogP contribution is 2.28. The Morgan fingerprint density at radius 2 is 1.38 bits per heavy atom. The molecule has 0 heterocycles. The van der Waals surface area contributed by atoms with Crippen molar-refractivity contribution in [3.8, 4) is 17.2 Å². The smallest absolute Gasteiger partial charge is 0.478 e. The Hall–Kier alpha value is -3.01. The van der Waals surface area contributed by atoms with Gasteiger partial charge in [-0.05, 0) is 48.5 Å². The van der Waals surface area contributed by atoms with Crippen molar-refractivity contribution in [3.05, 3.63) is 60.0 Å². The van der Waals surface area contributed by atoms with E-state index in [0.29, 0.717) is 11.5 Å². The molecule has 0 saturated carbocycles. The summed E-state index contributed by atoms with van der Waals surface area (Å²) in [4.78, 5) is 10.3. The molecule has 0 aromatic heterocycles. The molecule has 1 N–H and O–H groups in total. The minimum absolute atomic E-state index is 0.142. The van der Waals surface area contributed by atoms with Gasteiger partial charge < -0.3 is 14.6 Å². The molecule has 0 radical (unpaired) electrons. The van der Waals surface area contributed by atoms with E-state index in [9.17, 15) is 26.4 Å². The predicted molar refractivity (Wildman–Crippen MR) is 83.6 cm³/mol. The summed E-state index contributed by atoms with van der Waals surface area (Å²) < 4.78 is 69.1. The van der Waals surface area contributed by atoms with Gasteiger partial charge in [-0.25, -0.2) is 13.2 Å². The maximum atomic E-state index is 12.1. The molecule has 0 bridgehead atoms. The summed E-state index contributed by atoms with van der Waals surface area (Å²) in [6, 6.07) is 9.69. The van der Waals surface area contributed by atoms with Crippen LogP contribution in [0.2, 0.25) is 0 Å². The Bertz CT molecular complexity index is 900. The molecule has 10 heteroatoms. The zero-order valence-corrected chi connectivity index (χ0v) is 13.6. The first-order chi connectivity index (χ1) is 12.0. The van der Waals surface area contributed by atoms with Crippen LogP contribution < -0.4 is 9.47 Å². The molecule has 0 unspecified atom stereocenters. The summed E-state index contributed by atoms with van der Waals surface area (Å²) in [5.41, 5.74) is 0. The number of hydrogen-bond acceptors (Lipinski definition) is 5. The molecule has 26 heavy (non-hydrogen) atoms. The van der Waals surface area contributed by atoms with Crippen LogP contribution in [-0.4, -0.2) is 25.9 Å². The summed E-state index contributed by atoms with van der Waals surface area (Å²) in [7, 11) is -3.91. The second kappa shape index (κ2) is 7.48. The molecule has 0 fully saturated rings. The van der Waals surface area contributed by atoms with Crippen LogP contribution in [-0.2, 0) is 14.6 Å². The van der Waals surface area contributed by atoms with Crippen LogP contribution >= 0.6 is 0 Å². The lowest BCUT2D eigenvalue weighted by Gasteiger charge is -2.10. The monoisotopic (exact) mass is 388 g/mol. The highest BCUT2D eigenvalue weighted by Gasteiger charge is 2.30. The first-order valence-corrected chi connectivity index (χ1v) is 8.40. The Morgan fingerprint density at radius 1 is 0.923 bits per heavy atom. The molecule has 0 amide bonds. The van der Waals surface area contributed by atoms with Crippen molar-refractivity contribution < 1.29 is 41.0 Å². The van der Waals surface area contributed by atoms with Crippen LogP contribution in [0.5, 0.6) is 17.2 Å². The molecular weight excluding hydrogens is 377 g/mol. The molecular formula is C16H11F3O6S. The van der Waals surface area contributed by atoms with E-state index in [1.165, 1.54) is 36.4 Å². The van der Waals surface area contributed by atoms with Crippen molar-refractivity contribution in [1.29, 1.82) is 0 Å². The molecule has 6 nitrogen and oxygen atoms in total. The van der Waals surface area contributed by atoms with Crippen molar-refractivity contribution in [3.63, 3.8) is 0 Å². The van der Waals surface area contributed by atoms with E-state index in [-0.39, 0.29) is 16.4 Å². The molecule has 0 aliphatic heterocycles. The minimum Gasteiger partial charge on any atom is -0.478 e. The number of ether oxygens (including phenoxy) is 2. The molecule has 0 atom stereocenters. The Balaban J connectivity index is 2.09. The number of alkyl halides is 3. The largest absolute Gasteiger partial charge is 0.573 e. The number of rotatable bonds is 6. The van der Waals surface area contributed by atoms with E-state index in [1.54, 1.807) is 0 Å². The van der Waals surface area contributed by atoms with Crippen LogP contribution in [0.1, 0.15) is 0 Å². The van der Waals surface area contributed by atoms with Gasteiger partial charge in [0.15, 0.2) is 9.84 Å². The molecule has 0 saturated heterocycles. The number of sulfone groups is 1. The van der Waals surface area contributed by atoms with Crippen LogP contribution in [0, 0.1) is 0 Å². The number of halogens is 3. The van der Waals surface area contributed by atoms with E-state index in [0.717, 1.165) is 12.1 Å². The van der Waals surface area contributed by atoms with Gasteiger partial charge in [0.25, 0.3) is 0 Å². The summed E-state index contributed by atoms with van der Waals surface area (Å²) in [6.07, 6.45) is -4.29. The molecule has 2 aromatic rings. The van der Waals surface area contributed by atoms with Gasteiger partial charge in [0.1, 0.15) is 17.2 Å². The summed E-state index contributed by atoms with van der Waals surface area (Å²) >= 11 is 0. The molecule has 2 aromatic carbocycles. The first-order valence-electron chi connectivity index (χ1n) is 6.85. The van der Waals surface area contributed by atoms with Crippen molar-refractivity contribution >= 4 is 15.8 Å². The maximum Gasteiger partial charge on any atom is 0.573 e. The van der Waals surface area contributed by atoms with E-state index >= 15 is 0 Å². The lowest BCUT2D eigenvalue weighted by atomic mass is 10.3. The van der Waals surface area contributed by atoms with Crippen molar-refractivity contribution in [2.24, 2.45) is 0 Å². The molecule has 0 aliphatic carbocycles. The Kier molecular flexibility index (Phi) is 5.56. The Labute approximate surface area is 146 Å². The van der Waals surface area contributed by atoms with Crippen LogP contribution in [0.25, 0.3) is 0 Å². The quantitative estimate of drug-likeness (QED) is 0.758. The fourth-order valence-corrected chi connectivity index (χ4v) is 2.74. The van der Waals surface area contributed by atoms with Crippen LogP contribution in [0.15, 0.2) is 64.9 Å². The maximum absolute atomic E-state index is 12.1. The normalized spacial score (nSPS) is 12.1. The highest BCUT2D eigenvalue weighted by atomic mass is 32.2. The Morgan fingerprint density at radius 3 is 1.85 bits per heavy atom. The fraction of sp³-hybridized carbons (Fsp3) is 0.0625. The third kappa shape index (κ3) is 5.81. The third-order valence-corrected chi connectivity index (χ3v) is 4.26. The van der Waals surface area contributed by atoms with E-state index < -0.39 is 27.9 Å². The highest BCUT2D eigenvalue weighted by molar-refractivity contribution is 7.94. The number of benzene rings is 2. The van der Waals surface area contributed by atoms with Gasteiger partial charge in [0.05, 0.1) is 4.90 Å². The number of aliphatic carboxylic acids is 1. The van der Waals surface area contributed by atoms with E-state index in [2.05, 4.69) is 4.74 Å². The van der Waals surface area contributed by atoms with Crippen molar-refractivity contribution in [2.75, 3.05) is 0 Å². The van der Waals surface area contributed by atoms with E-state index in [4.69, 9.17) is 9.84 Å². The lowest BCUT2D eigenvalue weighted by Crippen LogP contribution is -2.16. The van der Waals surface area contributed by atoms with Gasteiger partial charge in [0.2, 0.25) is 0 Å². The zero-order chi connectivity index (χ0) is 19.4. The first kappa shape index (κ1) is 19.3. The average Bonchev–Trinajstić information content (AvgIpc) is 2.54. The number of hydrogen-bond donors (Lipinski definition) is 1. The van der Waals surface area contributed by atoms with Gasteiger partial charge >= 0.3 is 12.3 Å². The SMILES string of the molecule is O=C(O)C=CS(=O)(=O)c1ccc(Oc2ccc(OC(F)(F)F)cc2)cc1. The fourth-order valence-electron chi connectivity index (χ4n) is 1.77. The lowest BCUT2D eigenvalue weighted by molar-refractivity contribution is -0.274. The zero-order valence-electron chi connectivity index (χ0n) is 12.8.